The van der Waals surface area contributed by atoms with Crippen LogP contribution in [0.15, 0.2) is 85.5 Å². The molecule has 0 aliphatic carbocycles. The van der Waals surface area contributed by atoms with Gasteiger partial charge in [0.1, 0.15) is 18.5 Å². The Kier molecular flexibility index (Phi) is 10.2. The molecule has 0 saturated carbocycles. The smallest absolute Gasteiger partial charge is 0.319 e. The standard InChI is InChI=1S/C33H36Cl2N6O5/c34-24-1-10-30(31(35)19-24)33(22-39-13-11-36-23-39)45-21-29(46-33)20-44-28-8-6-27(7-9-28)41-16-14-40(15-17-41)26-4-2-25(3-5-26)38-32(43)37-12-18-42/h1-11,13,19,23,29,42H,12,14-18,20-22H2,(H2,37,38,43). The fourth-order valence-corrected chi connectivity index (χ4v) is 6.19. The van der Waals surface area contributed by atoms with Crippen molar-refractivity contribution in [1.29, 1.82) is 0 Å². The van der Waals surface area contributed by atoms with Crippen LogP contribution < -0.4 is 25.2 Å². The van der Waals surface area contributed by atoms with Crippen molar-refractivity contribution in [3.05, 3.63) is 101 Å². The second-order valence-electron chi connectivity index (χ2n) is 11.1. The predicted molar refractivity (Wildman–Crippen MR) is 178 cm³/mol. The molecular formula is C33H36Cl2N6O5. The first-order valence-corrected chi connectivity index (χ1v) is 15.9. The third-order valence-electron chi connectivity index (χ3n) is 7.96. The summed E-state index contributed by atoms with van der Waals surface area (Å²) in [6.07, 6.45) is 4.96. The second-order valence-corrected chi connectivity index (χ2v) is 11.9. The molecule has 13 heteroatoms. The van der Waals surface area contributed by atoms with E-state index in [1.807, 2.05) is 53.2 Å². The van der Waals surface area contributed by atoms with Gasteiger partial charge in [-0.2, -0.15) is 0 Å². The molecule has 6 rings (SSSR count). The van der Waals surface area contributed by atoms with Crippen LogP contribution in [0, 0.1) is 0 Å². The third kappa shape index (κ3) is 7.68. The molecule has 2 aliphatic rings. The summed E-state index contributed by atoms with van der Waals surface area (Å²) in [4.78, 5) is 20.6. The van der Waals surface area contributed by atoms with Crippen LogP contribution in [0.1, 0.15) is 5.56 Å². The average Bonchev–Trinajstić information content (AvgIpc) is 3.74. The zero-order valence-electron chi connectivity index (χ0n) is 25.1. The van der Waals surface area contributed by atoms with Gasteiger partial charge in [-0.1, -0.05) is 29.3 Å². The number of benzene rings is 3. The maximum atomic E-state index is 11.8. The minimum Gasteiger partial charge on any atom is -0.491 e. The summed E-state index contributed by atoms with van der Waals surface area (Å²) in [5, 5.41) is 15.2. The molecule has 0 radical (unpaired) electrons. The number of rotatable bonds is 11. The van der Waals surface area contributed by atoms with Gasteiger partial charge in [0.05, 0.1) is 31.1 Å². The first-order chi connectivity index (χ1) is 22.4. The Balaban J connectivity index is 0.999. The number of nitrogens with one attached hydrogen (secondary N) is 2. The number of aromatic nitrogens is 2. The number of halogens is 2. The number of carbonyl (C=O) groups excluding carboxylic acids is 1. The molecule has 2 fully saturated rings. The van der Waals surface area contributed by atoms with Gasteiger partial charge in [0.15, 0.2) is 0 Å². The van der Waals surface area contributed by atoms with E-state index >= 15 is 0 Å². The van der Waals surface area contributed by atoms with Crippen molar-refractivity contribution >= 4 is 46.3 Å². The van der Waals surface area contributed by atoms with E-state index in [4.69, 9.17) is 42.5 Å². The van der Waals surface area contributed by atoms with Crippen molar-refractivity contribution in [1.82, 2.24) is 14.9 Å². The molecule has 2 aliphatic heterocycles. The predicted octanol–water partition coefficient (Wildman–Crippen LogP) is 4.98. The molecule has 4 aromatic rings. The second kappa shape index (κ2) is 14.6. The van der Waals surface area contributed by atoms with E-state index in [1.165, 1.54) is 0 Å². The molecule has 3 aromatic carbocycles. The molecule has 2 amide bonds. The average molecular weight is 668 g/mol. The Morgan fingerprint density at radius 1 is 1.00 bits per heavy atom. The SMILES string of the molecule is O=C(NCCO)Nc1ccc(N2CCN(c3ccc(OCC4COC(Cn5ccnc5)(c5ccc(Cl)cc5Cl)O4)cc3)CC2)cc1. The van der Waals surface area contributed by atoms with Crippen LogP contribution in [0.4, 0.5) is 21.9 Å². The van der Waals surface area contributed by atoms with E-state index in [0.717, 1.165) is 43.3 Å². The topological polar surface area (TPSA) is 113 Å². The molecule has 242 valence electrons. The van der Waals surface area contributed by atoms with Gasteiger partial charge in [-0.3, -0.25) is 0 Å². The van der Waals surface area contributed by atoms with E-state index in [9.17, 15) is 4.79 Å². The molecule has 3 N–H and O–H groups in total. The van der Waals surface area contributed by atoms with Gasteiger partial charge < -0.3 is 44.3 Å². The normalized spacial score (nSPS) is 19.7. The van der Waals surface area contributed by atoms with Crippen LogP contribution in [0.2, 0.25) is 10.0 Å². The molecule has 11 nitrogen and oxygen atoms in total. The summed E-state index contributed by atoms with van der Waals surface area (Å²) < 4.78 is 20.8. The minimum absolute atomic E-state index is 0.0974. The number of aliphatic hydroxyl groups is 1. The number of aliphatic hydroxyl groups excluding tert-OH is 1. The molecule has 0 bridgehead atoms. The lowest BCUT2D eigenvalue weighted by molar-refractivity contribution is -0.189. The molecule has 46 heavy (non-hydrogen) atoms. The van der Waals surface area contributed by atoms with Crippen molar-refractivity contribution in [2.75, 3.05) is 67.7 Å². The van der Waals surface area contributed by atoms with Crippen molar-refractivity contribution < 1.29 is 24.1 Å². The van der Waals surface area contributed by atoms with Gasteiger partial charge >= 0.3 is 6.03 Å². The number of imidazole rings is 1. The van der Waals surface area contributed by atoms with Gasteiger partial charge in [-0.05, 0) is 60.7 Å². The quantitative estimate of drug-likeness (QED) is 0.206. The van der Waals surface area contributed by atoms with Crippen molar-refractivity contribution in [2.24, 2.45) is 0 Å². The Bertz CT molecular complexity index is 1580. The highest BCUT2D eigenvalue weighted by atomic mass is 35.5. The molecule has 2 saturated heterocycles. The van der Waals surface area contributed by atoms with Gasteiger partial charge in [-0.15, -0.1) is 0 Å². The number of anilines is 3. The number of ether oxygens (including phenoxy) is 3. The lowest BCUT2D eigenvalue weighted by Crippen LogP contribution is -2.46. The maximum Gasteiger partial charge on any atom is 0.319 e. The number of nitrogens with zero attached hydrogens (tertiary/aromatic N) is 4. The number of hydrogen-bond acceptors (Lipinski definition) is 8. The first kappa shape index (κ1) is 32.0. The van der Waals surface area contributed by atoms with Crippen molar-refractivity contribution in [3.8, 4) is 5.75 Å². The van der Waals surface area contributed by atoms with Crippen LogP contribution in [0.3, 0.4) is 0 Å². The Morgan fingerprint density at radius 3 is 2.33 bits per heavy atom. The van der Waals surface area contributed by atoms with Crippen LogP contribution in [0.25, 0.3) is 0 Å². The van der Waals surface area contributed by atoms with Gasteiger partial charge in [0.25, 0.3) is 0 Å². The van der Waals surface area contributed by atoms with Crippen LogP contribution >= 0.6 is 23.2 Å². The Labute approximate surface area is 277 Å². The fourth-order valence-electron chi connectivity index (χ4n) is 5.64. The summed E-state index contributed by atoms with van der Waals surface area (Å²) >= 11 is 12.7. The lowest BCUT2D eigenvalue weighted by atomic mass is 10.1. The number of piperazine rings is 1. The summed E-state index contributed by atoms with van der Waals surface area (Å²) in [5.41, 5.74) is 3.65. The number of amides is 2. The molecule has 2 atom stereocenters. The highest BCUT2D eigenvalue weighted by molar-refractivity contribution is 6.35. The molecular weight excluding hydrogens is 631 g/mol. The van der Waals surface area contributed by atoms with Crippen molar-refractivity contribution in [3.63, 3.8) is 0 Å². The summed E-state index contributed by atoms with van der Waals surface area (Å²) in [5.74, 6) is -0.347. The van der Waals surface area contributed by atoms with E-state index in [0.29, 0.717) is 41.1 Å². The van der Waals surface area contributed by atoms with Crippen LogP contribution in [-0.2, 0) is 21.8 Å². The van der Waals surface area contributed by atoms with Gasteiger partial charge in [-0.25, -0.2) is 9.78 Å². The molecule has 0 spiro atoms. The minimum atomic E-state index is -1.10. The molecule has 2 unspecified atom stereocenters. The van der Waals surface area contributed by atoms with E-state index in [1.54, 1.807) is 24.7 Å². The highest BCUT2D eigenvalue weighted by Crippen LogP contribution is 2.40. The van der Waals surface area contributed by atoms with Crippen LogP contribution in [0.5, 0.6) is 5.75 Å². The number of urea groups is 1. The monoisotopic (exact) mass is 666 g/mol. The van der Waals surface area contributed by atoms with E-state index in [2.05, 4.69) is 37.6 Å². The van der Waals surface area contributed by atoms with E-state index < -0.39 is 5.79 Å². The summed E-state index contributed by atoms with van der Waals surface area (Å²) in [7, 11) is 0. The summed E-state index contributed by atoms with van der Waals surface area (Å²) in [6.45, 7) is 4.66. The Morgan fingerprint density at radius 2 is 1.70 bits per heavy atom. The zero-order chi connectivity index (χ0) is 31.9. The third-order valence-corrected chi connectivity index (χ3v) is 8.50. The number of carbonyl (C=O) groups is 1. The molecule has 3 heterocycles. The highest BCUT2D eigenvalue weighted by Gasteiger charge is 2.45. The molecule has 1 aromatic heterocycles. The van der Waals surface area contributed by atoms with Gasteiger partial charge in [0.2, 0.25) is 5.79 Å². The van der Waals surface area contributed by atoms with Gasteiger partial charge in [0, 0.05) is 72.8 Å². The summed E-state index contributed by atoms with van der Waals surface area (Å²) in [6, 6.07) is 20.9. The Hall–Kier alpha value is -4.00. The largest absolute Gasteiger partial charge is 0.491 e. The van der Waals surface area contributed by atoms with E-state index in [-0.39, 0.29) is 25.3 Å². The fraction of sp³-hybridized carbons (Fsp3) is 0.333. The lowest BCUT2D eigenvalue weighted by Gasteiger charge is -2.37. The first-order valence-electron chi connectivity index (χ1n) is 15.1. The van der Waals surface area contributed by atoms with Crippen LogP contribution in [-0.4, -0.2) is 79.3 Å². The zero-order valence-corrected chi connectivity index (χ0v) is 26.7. The number of hydrogen-bond donors (Lipinski definition) is 3. The maximum absolute atomic E-state index is 11.8. The van der Waals surface area contributed by atoms with Crippen molar-refractivity contribution in [2.45, 2.75) is 18.4 Å².